The van der Waals surface area contributed by atoms with E-state index in [2.05, 4.69) is 6.58 Å². The van der Waals surface area contributed by atoms with Crippen LogP contribution in [-0.4, -0.2) is 45.7 Å². The van der Waals surface area contributed by atoms with E-state index in [0.29, 0.717) is 31.8 Å². The van der Waals surface area contributed by atoms with Crippen LogP contribution in [0.5, 0.6) is 0 Å². The second-order valence-corrected chi connectivity index (χ2v) is 9.66. The maximum atomic E-state index is 12.2. The van der Waals surface area contributed by atoms with Crippen LogP contribution in [0.2, 0.25) is 6.04 Å². The minimum atomic E-state index is -2.70. The van der Waals surface area contributed by atoms with Crippen molar-refractivity contribution in [2.24, 2.45) is 0 Å². The monoisotopic (exact) mass is 358 g/mol. The van der Waals surface area contributed by atoms with Gasteiger partial charge in [0, 0.05) is 25.4 Å². The van der Waals surface area contributed by atoms with Crippen LogP contribution >= 0.6 is 0 Å². The minimum absolute atomic E-state index is 0.373. The highest BCUT2D eigenvalue weighted by molar-refractivity contribution is 6.71. The number of hydrogen-bond acceptors (Lipinski definition) is 5. The first-order valence-electron chi connectivity index (χ1n) is 9.21. The van der Waals surface area contributed by atoms with Crippen molar-refractivity contribution in [1.29, 1.82) is 0 Å². The summed E-state index contributed by atoms with van der Waals surface area (Å²) in [5, 5.41) is -0.661. The molecule has 5 nitrogen and oxygen atoms in total. The number of ether oxygens (including phenoxy) is 2. The lowest BCUT2D eigenvalue weighted by atomic mass is 10.0. The summed E-state index contributed by atoms with van der Waals surface area (Å²) in [6.45, 7) is 15.0. The largest absolute Gasteiger partial charge is 0.456 e. The normalized spacial score (nSPS) is 24.4. The highest BCUT2D eigenvalue weighted by Gasteiger charge is 2.64. The number of esters is 1. The summed E-state index contributed by atoms with van der Waals surface area (Å²) < 4.78 is 24.7. The van der Waals surface area contributed by atoms with Crippen molar-refractivity contribution >= 4 is 14.5 Å². The molecule has 0 radical (unpaired) electrons. The first-order chi connectivity index (χ1) is 11.4. The SMILES string of the molecule is C=C(C)C(=O)OC(CC)C1(OCC)CCCC[Si]1(OCC)OCC. The van der Waals surface area contributed by atoms with Gasteiger partial charge in [0.25, 0.3) is 0 Å². The van der Waals surface area contributed by atoms with Crippen molar-refractivity contribution in [1.82, 2.24) is 0 Å². The van der Waals surface area contributed by atoms with Gasteiger partial charge < -0.3 is 18.3 Å². The van der Waals surface area contributed by atoms with Crippen LogP contribution in [0.25, 0.3) is 0 Å². The highest BCUT2D eigenvalue weighted by Crippen LogP contribution is 2.45. The molecule has 0 bridgehead atoms. The third-order valence-corrected chi connectivity index (χ3v) is 9.12. The Bertz CT molecular complexity index is 410. The van der Waals surface area contributed by atoms with Crippen LogP contribution in [0.15, 0.2) is 12.2 Å². The molecule has 0 aromatic rings. The van der Waals surface area contributed by atoms with Crippen LogP contribution in [0.3, 0.4) is 0 Å². The van der Waals surface area contributed by atoms with Crippen molar-refractivity contribution in [3.8, 4) is 0 Å². The van der Waals surface area contributed by atoms with E-state index in [1.165, 1.54) is 0 Å². The van der Waals surface area contributed by atoms with Crippen LogP contribution in [0, 0.1) is 0 Å². The first kappa shape index (κ1) is 21.3. The lowest BCUT2D eigenvalue weighted by molar-refractivity contribution is -0.166. The topological polar surface area (TPSA) is 54.0 Å². The van der Waals surface area contributed by atoms with E-state index in [-0.39, 0.29) is 12.1 Å². The first-order valence-corrected chi connectivity index (χ1v) is 11.2. The Morgan fingerprint density at radius 3 is 2.21 bits per heavy atom. The molecule has 2 atom stereocenters. The van der Waals surface area contributed by atoms with Gasteiger partial charge in [-0.3, -0.25) is 0 Å². The van der Waals surface area contributed by atoms with Gasteiger partial charge in [0.05, 0.1) is 0 Å². The predicted molar refractivity (Wildman–Crippen MR) is 97.0 cm³/mol. The molecule has 0 amide bonds. The molecular formula is C18H34O5Si. The van der Waals surface area contributed by atoms with Crippen LogP contribution in [0.4, 0.5) is 0 Å². The summed E-state index contributed by atoms with van der Waals surface area (Å²) >= 11 is 0. The van der Waals surface area contributed by atoms with Crippen LogP contribution < -0.4 is 0 Å². The predicted octanol–water partition coefficient (Wildman–Crippen LogP) is 3.90. The van der Waals surface area contributed by atoms with Gasteiger partial charge in [0.2, 0.25) is 0 Å². The molecule has 0 N–H and O–H groups in total. The van der Waals surface area contributed by atoms with E-state index >= 15 is 0 Å². The zero-order chi connectivity index (χ0) is 18.2. The second kappa shape index (κ2) is 9.70. The second-order valence-electron chi connectivity index (χ2n) is 6.23. The molecule has 24 heavy (non-hydrogen) atoms. The molecule has 1 fully saturated rings. The molecule has 0 saturated carbocycles. The number of rotatable bonds is 10. The Labute approximate surface area is 147 Å². The quantitative estimate of drug-likeness (QED) is 0.337. The average Bonchev–Trinajstić information content (AvgIpc) is 2.55. The molecule has 6 heteroatoms. The summed E-state index contributed by atoms with van der Waals surface area (Å²) in [6.07, 6.45) is 3.16. The lowest BCUT2D eigenvalue weighted by Gasteiger charge is -2.52. The maximum absolute atomic E-state index is 12.2. The number of carbonyl (C=O) groups excluding carboxylic acids is 1. The third kappa shape index (κ3) is 4.28. The molecule has 0 aromatic carbocycles. The maximum Gasteiger partial charge on any atom is 0.375 e. The van der Waals surface area contributed by atoms with Crippen molar-refractivity contribution in [2.75, 3.05) is 19.8 Å². The van der Waals surface area contributed by atoms with Gasteiger partial charge in [-0.1, -0.05) is 26.3 Å². The fraction of sp³-hybridized carbons (Fsp3) is 0.833. The summed E-state index contributed by atoms with van der Waals surface area (Å²) in [7, 11) is -2.70. The summed E-state index contributed by atoms with van der Waals surface area (Å²) in [6, 6.07) is 0.871. The standard InChI is InChI=1S/C18H34O5Si/c1-7-16(23-17(19)15(5)6)18(20-8-2)13-11-12-14-24(18,21-9-3)22-10-4/h16H,5,7-14H2,1-4,6H3. The molecule has 1 saturated heterocycles. The van der Waals surface area contributed by atoms with E-state index in [1.54, 1.807) is 6.92 Å². The Balaban J connectivity index is 3.32. The van der Waals surface area contributed by atoms with E-state index in [1.807, 2.05) is 27.7 Å². The van der Waals surface area contributed by atoms with Crippen molar-refractivity contribution in [3.05, 3.63) is 12.2 Å². The minimum Gasteiger partial charge on any atom is -0.456 e. The lowest BCUT2D eigenvalue weighted by Crippen LogP contribution is -2.71. The zero-order valence-corrected chi connectivity index (χ0v) is 17.0. The summed E-state index contributed by atoms with van der Waals surface area (Å²) in [4.78, 5) is 12.2. The van der Waals surface area contributed by atoms with Gasteiger partial charge in [0.1, 0.15) is 11.3 Å². The Hall–Kier alpha value is -0.693. The Morgan fingerprint density at radius 2 is 1.75 bits per heavy atom. The van der Waals surface area contributed by atoms with E-state index in [0.717, 1.165) is 25.3 Å². The molecule has 1 aliphatic rings. The third-order valence-electron chi connectivity index (χ3n) is 4.59. The van der Waals surface area contributed by atoms with Gasteiger partial charge in [0.15, 0.2) is 0 Å². The molecule has 2 unspecified atom stereocenters. The smallest absolute Gasteiger partial charge is 0.375 e. The molecule has 0 spiro atoms. The van der Waals surface area contributed by atoms with E-state index < -0.39 is 13.8 Å². The molecule has 140 valence electrons. The summed E-state index contributed by atoms with van der Waals surface area (Å²) in [5.74, 6) is -0.373. The van der Waals surface area contributed by atoms with Gasteiger partial charge in [-0.25, -0.2) is 4.79 Å². The molecule has 1 aliphatic heterocycles. The van der Waals surface area contributed by atoms with Crippen molar-refractivity contribution < 1.29 is 23.1 Å². The van der Waals surface area contributed by atoms with Gasteiger partial charge in [-0.2, -0.15) is 0 Å². The van der Waals surface area contributed by atoms with E-state index in [4.69, 9.17) is 18.3 Å². The number of hydrogen-bond donors (Lipinski definition) is 0. The van der Waals surface area contributed by atoms with Crippen LogP contribution in [0.1, 0.15) is 60.3 Å². The van der Waals surface area contributed by atoms with Crippen molar-refractivity contribution in [3.63, 3.8) is 0 Å². The Kier molecular flexibility index (Phi) is 8.63. The molecule has 0 aromatic heterocycles. The highest BCUT2D eigenvalue weighted by atomic mass is 28.4. The van der Waals surface area contributed by atoms with Crippen molar-refractivity contribution in [2.45, 2.75) is 77.7 Å². The fourth-order valence-corrected chi connectivity index (χ4v) is 8.33. The van der Waals surface area contributed by atoms with Gasteiger partial charge >= 0.3 is 14.5 Å². The molecule has 1 rings (SSSR count). The molecular weight excluding hydrogens is 324 g/mol. The number of carbonyl (C=O) groups is 1. The molecule has 0 aliphatic carbocycles. The van der Waals surface area contributed by atoms with E-state index in [9.17, 15) is 4.79 Å². The van der Waals surface area contributed by atoms with Crippen LogP contribution in [-0.2, 0) is 23.1 Å². The Morgan fingerprint density at radius 1 is 1.12 bits per heavy atom. The summed E-state index contributed by atoms with van der Waals surface area (Å²) in [5.41, 5.74) is 0.399. The average molecular weight is 359 g/mol. The van der Waals surface area contributed by atoms with Gasteiger partial charge in [-0.15, -0.1) is 0 Å². The zero-order valence-electron chi connectivity index (χ0n) is 16.0. The van der Waals surface area contributed by atoms with Gasteiger partial charge in [-0.05, 0) is 46.6 Å². The fourth-order valence-electron chi connectivity index (χ4n) is 3.72. The molecule has 1 heterocycles.